The first-order chi connectivity index (χ1) is 14.2. The third-order valence-electron chi connectivity index (χ3n) is 5.83. The molecule has 1 atom stereocenters. The van der Waals surface area contributed by atoms with Crippen LogP contribution in [0.2, 0.25) is 0 Å². The number of benzene rings is 1. The second-order valence-corrected chi connectivity index (χ2v) is 9.01. The molecular weight excluding hydrogens is 356 g/mol. The van der Waals surface area contributed by atoms with Gasteiger partial charge < -0.3 is 9.47 Å². The van der Waals surface area contributed by atoms with E-state index in [-0.39, 0.29) is 5.60 Å². The molecule has 1 aromatic rings. The van der Waals surface area contributed by atoms with Crippen LogP contribution < -0.4 is 4.74 Å². The number of allylic oxidation sites excluding steroid dienone is 2. The minimum absolute atomic E-state index is 0.0378. The van der Waals surface area contributed by atoms with E-state index < -0.39 is 0 Å². The summed E-state index contributed by atoms with van der Waals surface area (Å²) in [6, 6.07) is 8.62. The lowest BCUT2D eigenvalue weighted by molar-refractivity contribution is 0.202. The second-order valence-electron chi connectivity index (χ2n) is 9.01. The molecule has 0 bridgehead atoms. The molecule has 0 radical (unpaired) electrons. The number of ether oxygens (including phenoxy) is 2. The second kappa shape index (κ2) is 14.7. The van der Waals surface area contributed by atoms with Gasteiger partial charge in [0.05, 0.1) is 6.61 Å². The van der Waals surface area contributed by atoms with Crippen molar-refractivity contribution in [2.24, 2.45) is 0 Å². The van der Waals surface area contributed by atoms with E-state index in [2.05, 4.69) is 50.3 Å². The molecular formula is C27H44O2. The van der Waals surface area contributed by atoms with Gasteiger partial charge in [0.2, 0.25) is 0 Å². The normalized spacial score (nSPS) is 18.4. The monoisotopic (exact) mass is 400 g/mol. The largest absolute Gasteiger partial charge is 0.491 e. The van der Waals surface area contributed by atoms with Crippen LogP contribution in [0.15, 0.2) is 36.4 Å². The number of hydrogen-bond acceptors (Lipinski definition) is 2. The van der Waals surface area contributed by atoms with Crippen LogP contribution in [0.5, 0.6) is 5.75 Å². The van der Waals surface area contributed by atoms with Crippen molar-refractivity contribution in [3.63, 3.8) is 0 Å². The third kappa shape index (κ3) is 12.1. The Labute approximate surface area is 180 Å². The third-order valence-corrected chi connectivity index (χ3v) is 5.83. The lowest BCUT2D eigenvalue weighted by Crippen LogP contribution is -2.16. The molecule has 2 rings (SSSR count). The summed E-state index contributed by atoms with van der Waals surface area (Å²) < 4.78 is 11.1. The first-order valence-electron chi connectivity index (χ1n) is 12.2. The molecule has 0 aliphatic carbocycles. The van der Waals surface area contributed by atoms with E-state index in [1.165, 1.54) is 95.5 Å². The Morgan fingerprint density at radius 1 is 0.828 bits per heavy atom. The lowest BCUT2D eigenvalue weighted by Gasteiger charge is -2.09. The minimum atomic E-state index is -0.0378. The molecule has 1 aliphatic heterocycles. The average Bonchev–Trinajstić information content (AvgIpc) is 3.48. The molecule has 0 spiro atoms. The zero-order valence-electron chi connectivity index (χ0n) is 19.1. The van der Waals surface area contributed by atoms with Crippen LogP contribution >= 0.6 is 0 Å². The van der Waals surface area contributed by atoms with Gasteiger partial charge in [0.25, 0.3) is 0 Å². The highest BCUT2D eigenvalue weighted by molar-refractivity contribution is 5.27. The van der Waals surface area contributed by atoms with E-state index in [1.807, 2.05) is 0 Å². The van der Waals surface area contributed by atoms with Crippen LogP contribution in [0.25, 0.3) is 0 Å². The van der Waals surface area contributed by atoms with Gasteiger partial charge in [-0.15, -0.1) is 0 Å². The number of unbranched alkanes of at least 4 members (excludes halogenated alkanes) is 11. The average molecular weight is 401 g/mol. The number of aryl methyl sites for hydroxylation is 1. The van der Waals surface area contributed by atoms with Gasteiger partial charge in [-0.2, -0.15) is 0 Å². The van der Waals surface area contributed by atoms with Gasteiger partial charge in [-0.05, 0) is 56.7 Å². The molecule has 0 N–H and O–H groups in total. The molecule has 1 unspecified atom stereocenters. The molecule has 1 fully saturated rings. The summed E-state index contributed by atoms with van der Waals surface area (Å²) in [4.78, 5) is 0. The first-order valence-corrected chi connectivity index (χ1v) is 12.2. The van der Waals surface area contributed by atoms with Crippen molar-refractivity contribution in [2.45, 2.75) is 109 Å². The standard InChI is InChI=1S/C27H44O2/c1-3-4-5-6-7-8-9-10-11-12-13-14-15-16-17-18-25-19-21-26(22-20-25)28-23-27(2)24-29-27/h6-7,19-22H,3-5,8-18,23-24H2,1-2H3/b7-6+. The maximum Gasteiger partial charge on any atom is 0.123 e. The molecule has 0 aromatic heterocycles. The fraction of sp³-hybridized carbons (Fsp3) is 0.704. The summed E-state index contributed by atoms with van der Waals surface area (Å²) >= 11 is 0. The minimum Gasteiger partial charge on any atom is -0.491 e. The van der Waals surface area contributed by atoms with Crippen LogP contribution in [0, 0.1) is 0 Å². The van der Waals surface area contributed by atoms with Crippen molar-refractivity contribution < 1.29 is 9.47 Å². The van der Waals surface area contributed by atoms with Crippen molar-refractivity contribution in [1.29, 1.82) is 0 Å². The first kappa shape index (κ1) is 24.0. The van der Waals surface area contributed by atoms with Crippen LogP contribution in [-0.2, 0) is 11.2 Å². The highest BCUT2D eigenvalue weighted by Gasteiger charge is 2.40. The molecule has 1 saturated heterocycles. The van der Waals surface area contributed by atoms with Gasteiger partial charge in [-0.3, -0.25) is 0 Å². The van der Waals surface area contributed by atoms with Gasteiger partial charge >= 0.3 is 0 Å². The van der Waals surface area contributed by atoms with E-state index in [0.29, 0.717) is 6.61 Å². The molecule has 0 saturated carbocycles. The molecule has 2 heteroatoms. The highest BCUT2D eigenvalue weighted by atomic mass is 16.6. The van der Waals surface area contributed by atoms with Crippen LogP contribution in [0.4, 0.5) is 0 Å². The van der Waals surface area contributed by atoms with E-state index in [9.17, 15) is 0 Å². The maximum absolute atomic E-state index is 5.79. The van der Waals surface area contributed by atoms with Crippen molar-refractivity contribution in [3.05, 3.63) is 42.0 Å². The smallest absolute Gasteiger partial charge is 0.123 e. The van der Waals surface area contributed by atoms with E-state index in [0.717, 1.165) is 12.4 Å². The van der Waals surface area contributed by atoms with Gasteiger partial charge in [-0.25, -0.2) is 0 Å². The Hall–Kier alpha value is -1.28. The van der Waals surface area contributed by atoms with Crippen molar-refractivity contribution in [1.82, 2.24) is 0 Å². The Balaban J connectivity index is 1.35. The van der Waals surface area contributed by atoms with Crippen LogP contribution in [0.1, 0.15) is 103 Å². The van der Waals surface area contributed by atoms with E-state index in [1.54, 1.807) is 0 Å². The van der Waals surface area contributed by atoms with Crippen LogP contribution in [0.3, 0.4) is 0 Å². The SMILES string of the molecule is CCCC/C=C/CCCCCCCCCCCc1ccc(OCC2(C)CO2)cc1. The van der Waals surface area contributed by atoms with Gasteiger partial charge in [0, 0.05) is 0 Å². The van der Waals surface area contributed by atoms with Gasteiger partial charge in [-0.1, -0.05) is 89.0 Å². The Morgan fingerprint density at radius 2 is 1.38 bits per heavy atom. The molecule has 29 heavy (non-hydrogen) atoms. The lowest BCUT2D eigenvalue weighted by atomic mass is 10.0. The van der Waals surface area contributed by atoms with E-state index in [4.69, 9.17) is 9.47 Å². The van der Waals surface area contributed by atoms with Crippen molar-refractivity contribution in [2.75, 3.05) is 13.2 Å². The predicted molar refractivity (Wildman–Crippen MR) is 125 cm³/mol. The molecule has 1 heterocycles. The maximum atomic E-state index is 5.79. The topological polar surface area (TPSA) is 21.8 Å². The van der Waals surface area contributed by atoms with E-state index >= 15 is 0 Å². The Kier molecular flexibility index (Phi) is 12.1. The fourth-order valence-corrected chi connectivity index (χ4v) is 3.58. The molecule has 1 aliphatic rings. The van der Waals surface area contributed by atoms with Gasteiger partial charge in [0.1, 0.15) is 18.0 Å². The molecule has 2 nitrogen and oxygen atoms in total. The highest BCUT2D eigenvalue weighted by Crippen LogP contribution is 2.27. The summed E-state index contributed by atoms with van der Waals surface area (Å²) in [7, 11) is 0. The van der Waals surface area contributed by atoms with Crippen LogP contribution in [-0.4, -0.2) is 18.8 Å². The number of hydrogen-bond donors (Lipinski definition) is 0. The summed E-state index contributed by atoms with van der Waals surface area (Å²) in [6.07, 6.45) is 23.6. The van der Waals surface area contributed by atoms with Crippen molar-refractivity contribution in [3.8, 4) is 5.75 Å². The quantitative estimate of drug-likeness (QED) is 0.141. The zero-order chi connectivity index (χ0) is 20.6. The molecule has 164 valence electrons. The summed E-state index contributed by atoms with van der Waals surface area (Å²) in [6.45, 7) is 5.83. The Bertz CT molecular complexity index is 542. The summed E-state index contributed by atoms with van der Waals surface area (Å²) in [5, 5.41) is 0. The number of rotatable bonds is 18. The fourth-order valence-electron chi connectivity index (χ4n) is 3.58. The number of epoxide rings is 1. The summed E-state index contributed by atoms with van der Waals surface area (Å²) in [5.41, 5.74) is 1.39. The summed E-state index contributed by atoms with van der Waals surface area (Å²) in [5.74, 6) is 0.956. The van der Waals surface area contributed by atoms with Gasteiger partial charge in [0.15, 0.2) is 0 Å². The van der Waals surface area contributed by atoms with Crippen molar-refractivity contribution >= 4 is 0 Å². The molecule has 1 aromatic carbocycles. The predicted octanol–water partition coefficient (Wildman–Crippen LogP) is 8.04. The Morgan fingerprint density at radius 3 is 1.97 bits per heavy atom. The zero-order valence-corrected chi connectivity index (χ0v) is 19.1. The molecule has 0 amide bonds.